The van der Waals surface area contributed by atoms with Gasteiger partial charge in [-0.3, -0.25) is 0 Å². The average Bonchev–Trinajstić information content (AvgIpc) is 3.67. The third-order valence-corrected chi connectivity index (χ3v) is 8.44. The Balaban J connectivity index is 1.31. The number of hydrogen-bond acceptors (Lipinski definition) is 2. The van der Waals surface area contributed by atoms with E-state index in [1.54, 1.807) is 0 Å². The lowest BCUT2D eigenvalue weighted by Gasteiger charge is -2.05. The van der Waals surface area contributed by atoms with E-state index >= 15 is 0 Å². The number of benzene rings is 6. The summed E-state index contributed by atoms with van der Waals surface area (Å²) in [5.41, 5.74) is 10.3. The van der Waals surface area contributed by atoms with Crippen molar-refractivity contribution in [2.45, 2.75) is 0 Å². The summed E-state index contributed by atoms with van der Waals surface area (Å²) in [4.78, 5) is 0. The fourth-order valence-electron chi connectivity index (χ4n) is 6.55. The van der Waals surface area contributed by atoms with Crippen molar-refractivity contribution in [2.24, 2.45) is 7.05 Å². The molecule has 40 heavy (non-hydrogen) atoms. The van der Waals surface area contributed by atoms with Crippen molar-refractivity contribution in [3.63, 3.8) is 0 Å². The largest absolute Gasteiger partial charge is 0.455 e. The SMILES string of the molecule is Cn1c2ccccc2c2cc(-c3cccc4c3oc3c(-c5cccc6c5oc5ccccc56)cccc34)ccc21. The Morgan fingerprint density at radius 2 is 0.975 bits per heavy atom. The van der Waals surface area contributed by atoms with E-state index < -0.39 is 0 Å². The lowest BCUT2D eigenvalue weighted by atomic mass is 9.98. The number of nitrogens with zero attached hydrogens (tertiary/aromatic N) is 1. The molecule has 9 rings (SSSR count). The van der Waals surface area contributed by atoms with Gasteiger partial charge in [-0.15, -0.1) is 0 Å². The Hall–Kier alpha value is -5.28. The molecule has 0 atom stereocenters. The lowest BCUT2D eigenvalue weighted by Crippen LogP contribution is -1.86. The van der Waals surface area contributed by atoms with Gasteiger partial charge in [0, 0.05) is 67.1 Å². The van der Waals surface area contributed by atoms with E-state index in [2.05, 4.69) is 121 Å². The standard InChI is InChI=1S/C37H23NO2/c1-38-32-17-4-2-9-24(32)31-21-22(19-20-33(31)38)23-11-6-13-27-29-15-8-16-30(37(29)40-35(23)27)28-14-7-12-26-25-10-3-5-18-34(25)39-36(26)28/h2-21H,1H3. The molecule has 3 heteroatoms. The van der Waals surface area contributed by atoms with Crippen molar-refractivity contribution in [1.29, 1.82) is 0 Å². The number of hydrogen-bond donors (Lipinski definition) is 0. The summed E-state index contributed by atoms with van der Waals surface area (Å²) in [7, 11) is 2.13. The topological polar surface area (TPSA) is 31.2 Å². The molecule has 0 N–H and O–H groups in total. The third kappa shape index (κ3) is 2.84. The number of aryl methyl sites for hydroxylation is 1. The maximum absolute atomic E-state index is 6.80. The summed E-state index contributed by atoms with van der Waals surface area (Å²) >= 11 is 0. The Morgan fingerprint density at radius 1 is 0.425 bits per heavy atom. The number of aromatic nitrogens is 1. The highest BCUT2D eigenvalue weighted by Crippen LogP contribution is 2.43. The van der Waals surface area contributed by atoms with E-state index in [0.717, 1.165) is 66.1 Å². The second-order valence-corrected chi connectivity index (χ2v) is 10.6. The van der Waals surface area contributed by atoms with Crippen molar-refractivity contribution in [3.05, 3.63) is 121 Å². The number of furan rings is 2. The molecule has 0 amide bonds. The monoisotopic (exact) mass is 513 g/mol. The van der Waals surface area contributed by atoms with Crippen LogP contribution in [0.3, 0.4) is 0 Å². The van der Waals surface area contributed by atoms with Gasteiger partial charge in [0.25, 0.3) is 0 Å². The van der Waals surface area contributed by atoms with Gasteiger partial charge in [0.05, 0.1) is 0 Å². The average molecular weight is 514 g/mol. The molecule has 3 heterocycles. The molecule has 6 aromatic carbocycles. The highest BCUT2D eigenvalue weighted by molar-refractivity contribution is 6.17. The quantitative estimate of drug-likeness (QED) is 0.230. The molecule has 0 bridgehead atoms. The molecule has 0 radical (unpaired) electrons. The molecule has 188 valence electrons. The van der Waals surface area contributed by atoms with Crippen molar-refractivity contribution >= 4 is 65.7 Å². The van der Waals surface area contributed by atoms with E-state index in [1.807, 2.05) is 12.1 Å². The second kappa shape index (κ2) is 7.87. The molecule has 0 spiro atoms. The summed E-state index contributed by atoms with van der Waals surface area (Å²) in [6.07, 6.45) is 0. The van der Waals surface area contributed by atoms with Gasteiger partial charge in [0.2, 0.25) is 0 Å². The molecule has 0 unspecified atom stereocenters. The molecule has 9 aromatic rings. The lowest BCUT2D eigenvalue weighted by molar-refractivity contribution is 0.665. The highest BCUT2D eigenvalue weighted by atomic mass is 16.3. The molecule has 0 saturated carbocycles. The van der Waals surface area contributed by atoms with Crippen LogP contribution in [0.15, 0.2) is 130 Å². The third-order valence-electron chi connectivity index (χ3n) is 8.44. The van der Waals surface area contributed by atoms with E-state index in [9.17, 15) is 0 Å². The first kappa shape index (κ1) is 21.6. The first-order valence-electron chi connectivity index (χ1n) is 13.6. The maximum Gasteiger partial charge on any atom is 0.143 e. The molecule has 0 fully saturated rings. The fourth-order valence-corrected chi connectivity index (χ4v) is 6.55. The predicted octanol–water partition coefficient (Wildman–Crippen LogP) is 10.5. The number of para-hydroxylation sites is 5. The summed E-state index contributed by atoms with van der Waals surface area (Å²) in [6.45, 7) is 0. The Labute approximate surface area is 229 Å². The van der Waals surface area contributed by atoms with E-state index in [1.165, 1.54) is 21.8 Å². The van der Waals surface area contributed by atoms with E-state index in [0.29, 0.717) is 0 Å². The summed E-state index contributed by atoms with van der Waals surface area (Å²) in [6, 6.07) is 42.8. The highest BCUT2D eigenvalue weighted by Gasteiger charge is 2.19. The van der Waals surface area contributed by atoms with Crippen LogP contribution in [-0.4, -0.2) is 4.57 Å². The second-order valence-electron chi connectivity index (χ2n) is 10.6. The molecule has 0 aliphatic rings. The van der Waals surface area contributed by atoms with Crippen molar-refractivity contribution in [3.8, 4) is 22.3 Å². The minimum atomic E-state index is 0.879. The van der Waals surface area contributed by atoms with Gasteiger partial charge < -0.3 is 13.4 Å². The smallest absolute Gasteiger partial charge is 0.143 e. The van der Waals surface area contributed by atoms with Crippen molar-refractivity contribution in [2.75, 3.05) is 0 Å². The Bertz CT molecular complexity index is 2450. The number of rotatable bonds is 2. The van der Waals surface area contributed by atoms with Crippen LogP contribution in [0.5, 0.6) is 0 Å². The van der Waals surface area contributed by atoms with Crippen LogP contribution in [0.4, 0.5) is 0 Å². The van der Waals surface area contributed by atoms with Gasteiger partial charge in [-0.25, -0.2) is 0 Å². The zero-order valence-corrected chi connectivity index (χ0v) is 21.8. The van der Waals surface area contributed by atoms with Gasteiger partial charge in [0.1, 0.15) is 22.3 Å². The van der Waals surface area contributed by atoms with Crippen LogP contribution in [-0.2, 0) is 7.05 Å². The van der Waals surface area contributed by atoms with Gasteiger partial charge in [0.15, 0.2) is 0 Å². The zero-order chi connectivity index (χ0) is 26.4. The summed E-state index contributed by atoms with van der Waals surface area (Å²) in [5, 5.41) is 6.98. The molecule has 3 nitrogen and oxygen atoms in total. The predicted molar refractivity (Wildman–Crippen MR) is 166 cm³/mol. The molecular weight excluding hydrogens is 490 g/mol. The van der Waals surface area contributed by atoms with Crippen molar-refractivity contribution in [1.82, 2.24) is 4.57 Å². The first-order valence-corrected chi connectivity index (χ1v) is 13.6. The van der Waals surface area contributed by atoms with Crippen LogP contribution in [0.2, 0.25) is 0 Å². The fraction of sp³-hybridized carbons (Fsp3) is 0.0270. The Morgan fingerprint density at radius 3 is 1.75 bits per heavy atom. The Kier molecular flexibility index (Phi) is 4.26. The molecular formula is C37H23NO2. The first-order chi connectivity index (χ1) is 19.8. The van der Waals surface area contributed by atoms with Gasteiger partial charge in [-0.2, -0.15) is 0 Å². The van der Waals surface area contributed by atoms with Gasteiger partial charge in [-0.1, -0.05) is 97.1 Å². The summed E-state index contributed by atoms with van der Waals surface area (Å²) in [5.74, 6) is 0. The number of fused-ring (bicyclic) bond motifs is 9. The molecule has 0 aliphatic heterocycles. The molecule has 0 aliphatic carbocycles. The van der Waals surface area contributed by atoms with Gasteiger partial charge in [-0.05, 0) is 29.8 Å². The van der Waals surface area contributed by atoms with Crippen molar-refractivity contribution < 1.29 is 8.83 Å². The minimum absolute atomic E-state index is 0.879. The maximum atomic E-state index is 6.80. The summed E-state index contributed by atoms with van der Waals surface area (Å²) < 4.78 is 15.5. The van der Waals surface area contributed by atoms with Crippen LogP contribution >= 0.6 is 0 Å². The van der Waals surface area contributed by atoms with Crippen LogP contribution in [0, 0.1) is 0 Å². The zero-order valence-electron chi connectivity index (χ0n) is 21.8. The van der Waals surface area contributed by atoms with Crippen LogP contribution in [0.25, 0.3) is 87.9 Å². The van der Waals surface area contributed by atoms with Crippen LogP contribution < -0.4 is 0 Å². The van der Waals surface area contributed by atoms with Gasteiger partial charge >= 0.3 is 0 Å². The van der Waals surface area contributed by atoms with E-state index in [-0.39, 0.29) is 0 Å². The van der Waals surface area contributed by atoms with Crippen LogP contribution in [0.1, 0.15) is 0 Å². The molecule has 3 aromatic heterocycles. The minimum Gasteiger partial charge on any atom is -0.455 e. The molecule has 0 saturated heterocycles. The normalized spacial score (nSPS) is 12.1. The van der Waals surface area contributed by atoms with E-state index in [4.69, 9.17) is 8.83 Å².